The Kier molecular flexibility index (Phi) is 2.35. The minimum atomic E-state index is 0.648. The number of pyridine rings is 1. The summed E-state index contributed by atoms with van der Waals surface area (Å²) in [5, 5.41) is 10.5. The van der Waals surface area contributed by atoms with Crippen LogP contribution in [-0.4, -0.2) is 9.55 Å². The van der Waals surface area contributed by atoms with E-state index < -0.39 is 0 Å². The first-order valence-corrected chi connectivity index (χ1v) is 5.74. The number of aryl methyl sites for hydroxylation is 1. The first-order chi connectivity index (χ1) is 8.83. The number of nitriles is 1. The predicted molar refractivity (Wildman–Crippen MR) is 70.5 cm³/mol. The summed E-state index contributed by atoms with van der Waals surface area (Å²) in [4.78, 5) is 4.33. The van der Waals surface area contributed by atoms with Crippen LogP contribution in [0.5, 0.6) is 0 Å². The minimum Gasteiger partial charge on any atom is -0.285 e. The number of hydrogen-bond donors (Lipinski definition) is 0. The second-order valence-corrected chi connectivity index (χ2v) is 4.13. The molecule has 0 amide bonds. The lowest BCUT2D eigenvalue weighted by atomic mass is 10.2. The number of benzene rings is 1. The van der Waals surface area contributed by atoms with Gasteiger partial charge in [-0.15, -0.1) is 0 Å². The van der Waals surface area contributed by atoms with Gasteiger partial charge in [0.25, 0.3) is 0 Å². The van der Waals surface area contributed by atoms with Crippen LogP contribution in [0.1, 0.15) is 11.3 Å². The third kappa shape index (κ3) is 1.40. The van der Waals surface area contributed by atoms with E-state index in [2.05, 4.69) is 11.1 Å². The molecule has 0 radical (unpaired) electrons. The predicted octanol–water partition coefficient (Wildman–Crippen LogP) is 3.21. The summed E-state index contributed by atoms with van der Waals surface area (Å²) in [6, 6.07) is 16.0. The molecular weight excluding hydrogens is 222 g/mol. The van der Waals surface area contributed by atoms with Crippen LogP contribution in [0, 0.1) is 18.3 Å². The van der Waals surface area contributed by atoms with Gasteiger partial charge in [-0.2, -0.15) is 5.26 Å². The van der Waals surface area contributed by atoms with E-state index in [0.29, 0.717) is 5.69 Å². The zero-order chi connectivity index (χ0) is 12.5. The highest BCUT2D eigenvalue weighted by molar-refractivity contribution is 5.87. The highest BCUT2D eigenvalue weighted by atomic mass is 15.1. The van der Waals surface area contributed by atoms with Gasteiger partial charge in [-0.25, -0.2) is 4.98 Å². The molecule has 0 aliphatic rings. The smallest absolute Gasteiger partial charge is 0.138 e. The van der Waals surface area contributed by atoms with E-state index in [1.165, 1.54) is 0 Å². The van der Waals surface area contributed by atoms with Gasteiger partial charge in [0.1, 0.15) is 17.6 Å². The fourth-order valence-electron chi connectivity index (χ4n) is 2.26. The number of nitrogens with zero attached hydrogens (tertiary/aromatic N) is 3. The van der Waals surface area contributed by atoms with Crippen LogP contribution in [0.15, 0.2) is 48.7 Å². The molecule has 2 aromatic heterocycles. The number of aromatic nitrogens is 2. The van der Waals surface area contributed by atoms with Crippen molar-refractivity contribution >= 4 is 10.9 Å². The van der Waals surface area contributed by atoms with Crippen molar-refractivity contribution in [2.24, 2.45) is 0 Å². The van der Waals surface area contributed by atoms with Crippen molar-refractivity contribution in [1.82, 2.24) is 9.55 Å². The Bertz CT molecular complexity index is 748. The molecule has 0 unspecified atom stereocenters. The number of fused-ring (bicyclic) bond motifs is 1. The van der Waals surface area contributed by atoms with E-state index in [0.717, 1.165) is 22.3 Å². The lowest BCUT2D eigenvalue weighted by molar-refractivity contribution is 1.02. The maximum absolute atomic E-state index is 9.36. The molecule has 0 spiro atoms. The monoisotopic (exact) mass is 233 g/mol. The van der Waals surface area contributed by atoms with Crippen molar-refractivity contribution < 1.29 is 0 Å². The first-order valence-electron chi connectivity index (χ1n) is 5.74. The molecule has 3 aromatic rings. The molecule has 18 heavy (non-hydrogen) atoms. The maximum atomic E-state index is 9.36. The fourth-order valence-corrected chi connectivity index (χ4v) is 2.26. The Labute approximate surface area is 105 Å². The third-order valence-electron chi connectivity index (χ3n) is 3.11. The van der Waals surface area contributed by atoms with Crippen LogP contribution < -0.4 is 0 Å². The SMILES string of the molecule is Cc1c(C#N)n(-c2ccccn2)c2ccccc12. The van der Waals surface area contributed by atoms with E-state index in [9.17, 15) is 5.26 Å². The van der Waals surface area contributed by atoms with E-state index in [4.69, 9.17) is 0 Å². The lowest BCUT2D eigenvalue weighted by Crippen LogP contribution is -1.99. The van der Waals surface area contributed by atoms with Gasteiger partial charge in [0.15, 0.2) is 0 Å². The second-order valence-electron chi connectivity index (χ2n) is 4.13. The Morgan fingerprint density at radius 3 is 2.61 bits per heavy atom. The van der Waals surface area contributed by atoms with Crippen LogP contribution in [0.2, 0.25) is 0 Å². The summed E-state index contributed by atoms with van der Waals surface area (Å²) < 4.78 is 1.91. The molecule has 2 heterocycles. The summed E-state index contributed by atoms with van der Waals surface area (Å²) in [6.45, 7) is 1.97. The first kappa shape index (κ1) is 10.5. The molecular formula is C15H11N3. The van der Waals surface area contributed by atoms with Crippen LogP contribution >= 0.6 is 0 Å². The molecule has 1 aromatic carbocycles. The van der Waals surface area contributed by atoms with E-state index >= 15 is 0 Å². The number of hydrogen-bond acceptors (Lipinski definition) is 2. The molecule has 0 N–H and O–H groups in total. The standard InChI is InChI=1S/C15H11N3/c1-11-12-6-2-3-7-13(12)18(14(11)10-16)15-8-4-5-9-17-15/h2-9H,1H3. The largest absolute Gasteiger partial charge is 0.285 e. The average Bonchev–Trinajstić information content (AvgIpc) is 2.73. The van der Waals surface area contributed by atoms with Gasteiger partial charge in [-0.05, 0) is 30.7 Å². The summed E-state index contributed by atoms with van der Waals surface area (Å²) in [5.74, 6) is 0.776. The van der Waals surface area contributed by atoms with Crippen LogP contribution in [0.3, 0.4) is 0 Å². The van der Waals surface area contributed by atoms with E-state index in [1.807, 2.05) is 54.0 Å². The van der Waals surface area contributed by atoms with Gasteiger partial charge in [0, 0.05) is 11.6 Å². The van der Waals surface area contributed by atoms with Crippen LogP contribution in [0.25, 0.3) is 16.7 Å². The number of para-hydroxylation sites is 1. The topological polar surface area (TPSA) is 41.6 Å². The van der Waals surface area contributed by atoms with Crippen LogP contribution in [-0.2, 0) is 0 Å². The van der Waals surface area contributed by atoms with Gasteiger partial charge < -0.3 is 0 Å². The average molecular weight is 233 g/mol. The van der Waals surface area contributed by atoms with Gasteiger partial charge in [-0.3, -0.25) is 4.57 Å². The lowest BCUT2D eigenvalue weighted by Gasteiger charge is -2.05. The summed E-state index contributed by atoms with van der Waals surface area (Å²) in [7, 11) is 0. The highest BCUT2D eigenvalue weighted by Gasteiger charge is 2.14. The van der Waals surface area contributed by atoms with Crippen molar-refractivity contribution in [2.75, 3.05) is 0 Å². The molecule has 3 nitrogen and oxygen atoms in total. The fraction of sp³-hybridized carbons (Fsp3) is 0.0667. The van der Waals surface area contributed by atoms with Gasteiger partial charge in [-0.1, -0.05) is 24.3 Å². The zero-order valence-electron chi connectivity index (χ0n) is 9.96. The Morgan fingerprint density at radius 2 is 1.89 bits per heavy atom. The molecule has 86 valence electrons. The molecule has 3 rings (SSSR count). The van der Waals surface area contributed by atoms with E-state index in [-0.39, 0.29) is 0 Å². The van der Waals surface area contributed by atoms with E-state index in [1.54, 1.807) is 6.20 Å². The minimum absolute atomic E-state index is 0.648. The molecule has 0 saturated carbocycles. The summed E-state index contributed by atoms with van der Waals surface area (Å²) in [6.07, 6.45) is 1.74. The van der Waals surface area contributed by atoms with Crippen molar-refractivity contribution in [2.45, 2.75) is 6.92 Å². The molecule has 0 fully saturated rings. The van der Waals surface area contributed by atoms with Gasteiger partial charge >= 0.3 is 0 Å². The van der Waals surface area contributed by atoms with Crippen molar-refractivity contribution in [3.63, 3.8) is 0 Å². The summed E-state index contributed by atoms with van der Waals surface area (Å²) in [5.41, 5.74) is 2.67. The molecule has 0 aliphatic heterocycles. The molecule has 3 heteroatoms. The van der Waals surface area contributed by atoms with Crippen molar-refractivity contribution in [3.05, 3.63) is 59.9 Å². The highest BCUT2D eigenvalue weighted by Crippen LogP contribution is 2.27. The summed E-state index contributed by atoms with van der Waals surface area (Å²) >= 11 is 0. The van der Waals surface area contributed by atoms with Gasteiger partial charge in [0.05, 0.1) is 5.52 Å². The Morgan fingerprint density at radius 1 is 1.11 bits per heavy atom. The van der Waals surface area contributed by atoms with Gasteiger partial charge in [0.2, 0.25) is 0 Å². The number of rotatable bonds is 1. The second kappa shape index (κ2) is 4.01. The Hall–Kier alpha value is -2.60. The molecule has 0 saturated heterocycles. The molecule has 0 aliphatic carbocycles. The maximum Gasteiger partial charge on any atom is 0.138 e. The third-order valence-corrected chi connectivity index (χ3v) is 3.11. The van der Waals surface area contributed by atoms with Crippen molar-refractivity contribution in [3.8, 4) is 11.9 Å². The zero-order valence-corrected chi connectivity index (χ0v) is 9.96. The molecule has 0 bridgehead atoms. The Balaban J connectivity index is 2.45. The van der Waals surface area contributed by atoms with Crippen LogP contribution in [0.4, 0.5) is 0 Å². The van der Waals surface area contributed by atoms with Crippen molar-refractivity contribution in [1.29, 1.82) is 5.26 Å². The molecule has 0 atom stereocenters. The normalized spacial score (nSPS) is 10.4. The quantitative estimate of drug-likeness (QED) is 0.647.